The zero-order chi connectivity index (χ0) is 20.9. The van der Waals surface area contributed by atoms with Crippen molar-refractivity contribution < 1.29 is 9.47 Å². The third-order valence-corrected chi connectivity index (χ3v) is 5.25. The molecule has 0 amide bonds. The number of hydrogen-bond donors (Lipinski definition) is 0. The molecular weight excluding hydrogens is 444 g/mol. The van der Waals surface area contributed by atoms with Gasteiger partial charge < -0.3 is 9.47 Å². The number of aromatic nitrogens is 4. The molecule has 0 atom stereocenters. The number of benzene rings is 1. The van der Waals surface area contributed by atoms with Crippen LogP contribution in [0.4, 0.5) is 0 Å². The van der Waals surface area contributed by atoms with Crippen LogP contribution in [0.2, 0.25) is 0 Å². The summed E-state index contributed by atoms with van der Waals surface area (Å²) in [7, 11) is 1.89. The number of halogens is 1. The number of aryl methyl sites for hydroxylation is 1. The third-order valence-electron chi connectivity index (χ3n) is 4.66. The molecule has 0 radical (unpaired) electrons. The van der Waals surface area contributed by atoms with Gasteiger partial charge in [-0.2, -0.15) is 5.10 Å². The van der Waals surface area contributed by atoms with Crippen molar-refractivity contribution in [3.8, 4) is 22.9 Å². The topological polar surface area (TPSA) is 62.1 Å². The molecule has 0 aliphatic heterocycles. The maximum Gasteiger partial charge on any atom is 0.222 e. The average molecular weight is 465 g/mol. The quantitative estimate of drug-likeness (QED) is 0.331. The molecule has 4 aromatic rings. The fourth-order valence-corrected chi connectivity index (χ4v) is 3.70. The van der Waals surface area contributed by atoms with Gasteiger partial charge in [0.15, 0.2) is 0 Å². The van der Waals surface area contributed by atoms with Crippen molar-refractivity contribution in [1.82, 2.24) is 19.7 Å². The van der Waals surface area contributed by atoms with E-state index in [1.54, 1.807) is 17.0 Å². The predicted octanol–water partition coefficient (Wildman–Crippen LogP) is 5.28. The molecule has 30 heavy (non-hydrogen) atoms. The van der Waals surface area contributed by atoms with E-state index in [4.69, 9.17) is 9.47 Å². The first kappa shape index (κ1) is 20.1. The minimum Gasteiger partial charge on any atom is -0.493 e. The lowest BCUT2D eigenvalue weighted by molar-refractivity contribution is 0.242. The van der Waals surface area contributed by atoms with Crippen LogP contribution >= 0.6 is 15.9 Å². The highest BCUT2D eigenvalue weighted by Crippen LogP contribution is 2.31. The van der Waals surface area contributed by atoms with Crippen LogP contribution in [0.3, 0.4) is 0 Å². The van der Waals surface area contributed by atoms with E-state index >= 15 is 0 Å². The largest absolute Gasteiger partial charge is 0.493 e. The fraction of sp³-hybridized carbons (Fsp3) is 0.174. The van der Waals surface area contributed by atoms with Crippen LogP contribution in [-0.4, -0.2) is 33.0 Å². The normalized spacial score (nSPS) is 10.9. The van der Waals surface area contributed by atoms with Crippen molar-refractivity contribution in [2.45, 2.75) is 6.42 Å². The molecule has 0 aliphatic carbocycles. The Morgan fingerprint density at radius 2 is 1.93 bits per heavy atom. The summed E-state index contributed by atoms with van der Waals surface area (Å²) in [6.07, 6.45) is 6.04. The first-order valence-electron chi connectivity index (χ1n) is 9.58. The van der Waals surface area contributed by atoms with E-state index in [2.05, 4.69) is 37.6 Å². The van der Waals surface area contributed by atoms with E-state index in [0.717, 1.165) is 44.5 Å². The molecule has 0 fully saturated rings. The van der Waals surface area contributed by atoms with Gasteiger partial charge in [-0.15, -0.1) is 0 Å². The molecule has 6 nitrogen and oxygen atoms in total. The van der Waals surface area contributed by atoms with E-state index in [9.17, 15) is 0 Å². The summed E-state index contributed by atoms with van der Waals surface area (Å²) in [4.78, 5) is 8.98. The number of hydrogen-bond acceptors (Lipinski definition) is 5. The second kappa shape index (κ2) is 9.09. The van der Waals surface area contributed by atoms with Crippen LogP contribution in [0.15, 0.2) is 66.0 Å². The molecule has 152 valence electrons. The Morgan fingerprint density at radius 3 is 2.80 bits per heavy atom. The molecule has 7 heteroatoms. The first-order chi connectivity index (χ1) is 14.7. The number of pyridine rings is 2. The van der Waals surface area contributed by atoms with Crippen molar-refractivity contribution >= 4 is 32.9 Å². The smallest absolute Gasteiger partial charge is 0.222 e. The molecule has 3 aromatic heterocycles. The molecule has 1 aromatic carbocycles. The van der Waals surface area contributed by atoms with Gasteiger partial charge in [0.25, 0.3) is 0 Å². The molecule has 3 heterocycles. The van der Waals surface area contributed by atoms with Gasteiger partial charge in [0.1, 0.15) is 10.4 Å². The molecule has 0 saturated carbocycles. The highest BCUT2D eigenvalue weighted by Gasteiger charge is 2.13. The standard InChI is InChI=1S/C23H21BrN4O2/c1-3-16-8-4-5-10-21(16)29-12-7-13-30-23-17(9-6-11-25-23)19-14-18-20(15-26-19)28(2)27-22(18)24/h3-6,8-11,14-15H,1,7,12-13H2,2H3. The fourth-order valence-electron chi connectivity index (χ4n) is 3.15. The Morgan fingerprint density at radius 1 is 1.10 bits per heavy atom. The highest BCUT2D eigenvalue weighted by molar-refractivity contribution is 9.10. The van der Waals surface area contributed by atoms with Crippen LogP contribution in [0.5, 0.6) is 11.6 Å². The molecule has 0 spiro atoms. The summed E-state index contributed by atoms with van der Waals surface area (Å²) in [5.74, 6) is 1.38. The van der Waals surface area contributed by atoms with Gasteiger partial charge in [0.2, 0.25) is 5.88 Å². The monoisotopic (exact) mass is 464 g/mol. The number of rotatable bonds is 8. The number of para-hydroxylation sites is 1. The predicted molar refractivity (Wildman–Crippen MR) is 122 cm³/mol. The Bertz CT molecular complexity index is 1190. The van der Waals surface area contributed by atoms with Crippen molar-refractivity contribution in [1.29, 1.82) is 0 Å². The van der Waals surface area contributed by atoms with E-state index in [0.29, 0.717) is 19.1 Å². The van der Waals surface area contributed by atoms with E-state index in [1.165, 1.54) is 0 Å². The zero-order valence-corrected chi connectivity index (χ0v) is 18.2. The van der Waals surface area contributed by atoms with Crippen molar-refractivity contribution in [3.63, 3.8) is 0 Å². The second-order valence-corrected chi connectivity index (χ2v) is 7.40. The molecule has 0 aliphatic rings. The molecule has 0 saturated heterocycles. The molecular formula is C23H21BrN4O2. The number of fused-ring (bicyclic) bond motifs is 1. The number of nitrogens with zero attached hydrogens (tertiary/aromatic N) is 4. The van der Waals surface area contributed by atoms with E-state index < -0.39 is 0 Å². The molecule has 0 N–H and O–H groups in total. The maximum absolute atomic E-state index is 5.95. The number of ether oxygens (including phenoxy) is 2. The molecule has 0 bridgehead atoms. The summed E-state index contributed by atoms with van der Waals surface area (Å²) >= 11 is 3.50. The van der Waals surface area contributed by atoms with Crippen molar-refractivity contribution in [2.75, 3.05) is 13.2 Å². The van der Waals surface area contributed by atoms with Gasteiger partial charge >= 0.3 is 0 Å². The third kappa shape index (κ3) is 4.21. The SMILES string of the molecule is C=Cc1ccccc1OCCCOc1ncccc1-c1cc2c(Br)nn(C)c2cn1. The van der Waals surface area contributed by atoms with Gasteiger partial charge in [0.05, 0.1) is 36.2 Å². The zero-order valence-electron chi connectivity index (χ0n) is 16.6. The Hall–Kier alpha value is -3.19. The summed E-state index contributed by atoms with van der Waals surface area (Å²) < 4.78 is 14.4. The van der Waals surface area contributed by atoms with E-state index in [1.807, 2.05) is 55.7 Å². The van der Waals surface area contributed by atoms with Crippen LogP contribution in [0.25, 0.3) is 28.2 Å². The minimum atomic E-state index is 0.485. The average Bonchev–Trinajstić information content (AvgIpc) is 3.07. The highest BCUT2D eigenvalue weighted by atomic mass is 79.9. The van der Waals surface area contributed by atoms with Gasteiger partial charge in [-0.1, -0.05) is 30.9 Å². The van der Waals surface area contributed by atoms with Crippen molar-refractivity contribution in [2.24, 2.45) is 7.05 Å². The van der Waals surface area contributed by atoms with Gasteiger partial charge in [-0.3, -0.25) is 9.67 Å². The van der Waals surface area contributed by atoms with Crippen molar-refractivity contribution in [3.05, 3.63) is 71.6 Å². The maximum atomic E-state index is 5.95. The lowest BCUT2D eigenvalue weighted by Gasteiger charge is -2.11. The van der Waals surface area contributed by atoms with Crippen LogP contribution in [-0.2, 0) is 7.05 Å². The second-order valence-electron chi connectivity index (χ2n) is 6.65. The Labute approximate surface area is 183 Å². The first-order valence-corrected chi connectivity index (χ1v) is 10.4. The van der Waals surface area contributed by atoms with Crippen LogP contribution in [0, 0.1) is 0 Å². The van der Waals surface area contributed by atoms with Gasteiger partial charge in [-0.05, 0) is 40.2 Å². The van der Waals surface area contributed by atoms with E-state index in [-0.39, 0.29) is 0 Å². The molecule has 4 rings (SSSR count). The lowest BCUT2D eigenvalue weighted by Crippen LogP contribution is -2.07. The van der Waals surface area contributed by atoms with Gasteiger partial charge in [0, 0.05) is 30.6 Å². The summed E-state index contributed by atoms with van der Waals surface area (Å²) in [6, 6.07) is 13.6. The molecule has 0 unspecified atom stereocenters. The van der Waals surface area contributed by atoms with Gasteiger partial charge in [-0.25, -0.2) is 4.98 Å². The van der Waals surface area contributed by atoms with Crippen LogP contribution < -0.4 is 9.47 Å². The minimum absolute atomic E-state index is 0.485. The summed E-state index contributed by atoms with van der Waals surface area (Å²) in [5, 5.41) is 5.37. The Balaban J connectivity index is 1.43. The van der Waals surface area contributed by atoms with Crippen LogP contribution in [0.1, 0.15) is 12.0 Å². The lowest BCUT2D eigenvalue weighted by atomic mass is 10.1. The Kier molecular flexibility index (Phi) is 6.09. The summed E-state index contributed by atoms with van der Waals surface area (Å²) in [6.45, 7) is 4.84. The summed E-state index contributed by atoms with van der Waals surface area (Å²) in [5.41, 5.74) is 3.56.